The first-order valence-corrected chi connectivity index (χ1v) is 5.20. The summed E-state index contributed by atoms with van der Waals surface area (Å²) < 4.78 is 15.4. The highest BCUT2D eigenvalue weighted by molar-refractivity contribution is 7.90. The van der Waals surface area contributed by atoms with E-state index in [1.807, 2.05) is 0 Å². The van der Waals surface area contributed by atoms with Gasteiger partial charge in [0.25, 0.3) is 6.47 Å². The Hall–Kier alpha value is -0.520. The van der Waals surface area contributed by atoms with E-state index in [2.05, 4.69) is 4.74 Å². The number of hydrogen-bond acceptors (Lipinski definition) is 4. The lowest BCUT2D eigenvalue weighted by atomic mass is 10.6. The second-order valence-corrected chi connectivity index (χ2v) is 4.02. The molecule has 0 aromatic carbocycles. The first kappa shape index (κ1) is 8.58. The van der Waals surface area contributed by atoms with Crippen LogP contribution in [0, 0.1) is 0 Å². The van der Waals surface area contributed by atoms with Crippen LogP contribution in [-0.2, 0) is 16.0 Å². The van der Waals surface area contributed by atoms with Gasteiger partial charge in [-0.1, -0.05) is 0 Å². The number of ether oxygens (including phenoxy) is 1. The number of rotatable bonds is 3. The van der Waals surface area contributed by atoms with Gasteiger partial charge in [0.15, 0.2) is 9.96 Å². The van der Waals surface area contributed by atoms with Crippen LogP contribution in [-0.4, -0.2) is 17.3 Å². The van der Waals surface area contributed by atoms with E-state index in [9.17, 15) is 9.35 Å². The van der Waals surface area contributed by atoms with Crippen molar-refractivity contribution in [3.8, 4) is 5.06 Å². The Bertz CT molecular complexity index is 244. The van der Waals surface area contributed by atoms with Gasteiger partial charge in [-0.15, -0.1) is 11.3 Å². The lowest BCUT2D eigenvalue weighted by Gasteiger charge is -1.97. The second kappa shape index (κ2) is 3.75. The van der Waals surface area contributed by atoms with E-state index in [-0.39, 0.29) is 0 Å². The Kier molecular flexibility index (Phi) is 2.92. The minimum Gasteiger partial charge on any atom is -0.612 e. The van der Waals surface area contributed by atoms with Crippen molar-refractivity contribution in [3.63, 3.8) is 0 Å². The van der Waals surface area contributed by atoms with Crippen LogP contribution in [0.5, 0.6) is 5.06 Å². The van der Waals surface area contributed by atoms with Crippen LogP contribution in [0.1, 0.15) is 0 Å². The van der Waals surface area contributed by atoms with Gasteiger partial charge in [0, 0.05) is 11.4 Å². The van der Waals surface area contributed by atoms with Crippen molar-refractivity contribution >= 4 is 29.0 Å². The highest BCUT2D eigenvalue weighted by Crippen LogP contribution is 2.25. The molecule has 0 fully saturated rings. The molecule has 1 rings (SSSR count). The van der Waals surface area contributed by atoms with Crippen LogP contribution in [0.15, 0.2) is 16.3 Å². The van der Waals surface area contributed by atoms with Crippen LogP contribution >= 0.6 is 11.3 Å². The van der Waals surface area contributed by atoms with E-state index in [4.69, 9.17) is 0 Å². The molecule has 0 aliphatic rings. The third-order valence-electron chi connectivity index (χ3n) is 1.05. The maximum Gasteiger partial charge on any atom is 0.299 e. The van der Waals surface area contributed by atoms with Gasteiger partial charge >= 0.3 is 0 Å². The summed E-state index contributed by atoms with van der Waals surface area (Å²) in [5.41, 5.74) is 0. The maximum absolute atomic E-state index is 10.8. The Morgan fingerprint density at radius 3 is 3.00 bits per heavy atom. The summed E-state index contributed by atoms with van der Waals surface area (Å²) in [6.45, 7) is 0.355. The summed E-state index contributed by atoms with van der Waals surface area (Å²) in [6, 6.07) is 1.59. The molecule has 1 aromatic heterocycles. The second-order valence-electron chi connectivity index (χ2n) is 1.77. The Morgan fingerprint density at radius 1 is 1.82 bits per heavy atom. The fourth-order valence-corrected chi connectivity index (χ4v) is 2.18. The molecular formula is C6H6O3S2. The highest BCUT2D eigenvalue weighted by atomic mass is 32.2. The quantitative estimate of drug-likeness (QED) is 0.528. The van der Waals surface area contributed by atoms with E-state index in [1.165, 1.54) is 11.3 Å². The summed E-state index contributed by atoms with van der Waals surface area (Å²) in [7, 11) is 0. The van der Waals surface area contributed by atoms with Crippen molar-refractivity contribution in [2.24, 2.45) is 0 Å². The SMILES string of the molecule is C[S+]([O-])c1csc(OC=O)c1. The molecule has 0 amide bonds. The molecule has 1 unspecified atom stereocenters. The topological polar surface area (TPSA) is 49.4 Å². The van der Waals surface area contributed by atoms with E-state index in [1.54, 1.807) is 17.7 Å². The van der Waals surface area contributed by atoms with Crippen LogP contribution in [0.4, 0.5) is 0 Å². The molecule has 1 heterocycles. The van der Waals surface area contributed by atoms with Crippen LogP contribution in [0.3, 0.4) is 0 Å². The molecule has 0 spiro atoms. The number of carbonyl (C=O) groups is 1. The zero-order valence-electron chi connectivity index (χ0n) is 5.77. The third-order valence-corrected chi connectivity index (χ3v) is 2.91. The molecule has 1 atom stereocenters. The molecule has 11 heavy (non-hydrogen) atoms. The van der Waals surface area contributed by atoms with Crippen molar-refractivity contribution < 1.29 is 14.1 Å². The third kappa shape index (κ3) is 2.21. The monoisotopic (exact) mass is 190 g/mol. The predicted octanol–water partition coefficient (Wildman–Crippen LogP) is 1.02. The van der Waals surface area contributed by atoms with Gasteiger partial charge in [-0.3, -0.25) is 4.79 Å². The van der Waals surface area contributed by atoms with Crippen molar-refractivity contribution in [3.05, 3.63) is 11.4 Å². The van der Waals surface area contributed by atoms with E-state index >= 15 is 0 Å². The summed E-state index contributed by atoms with van der Waals surface area (Å²) in [5, 5.41) is 2.18. The first-order chi connectivity index (χ1) is 5.24. The predicted molar refractivity (Wildman–Crippen MR) is 43.3 cm³/mol. The molecule has 1 aromatic rings. The van der Waals surface area contributed by atoms with Gasteiger partial charge in [0.1, 0.15) is 6.26 Å². The van der Waals surface area contributed by atoms with Gasteiger partial charge in [-0.25, -0.2) is 0 Å². The van der Waals surface area contributed by atoms with E-state index in [0.29, 0.717) is 16.4 Å². The molecular weight excluding hydrogens is 184 g/mol. The van der Waals surface area contributed by atoms with Crippen molar-refractivity contribution in [1.82, 2.24) is 0 Å². The van der Waals surface area contributed by atoms with Gasteiger partial charge in [0.2, 0.25) is 0 Å². The van der Waals surface area contributed by atoms with Crippen molar-refractivity contribution in [2.75, 3.05) is 6.26 Å². The minimum absolute atomic E-state index is 0.355. The zero-order valence-corrected chi connectivity index (χ0v) is 7.41. The zero-order chi connectivity index (χ0) is 8.27. The van der Waals surface area contributed by atoms with Gasteiger partial charge < -0.3 is 9.29 Å². The number of hydrogen-bond donors (Lipinski definition) is 0. The Labute approximate surface area is 71.2 Å². The molecule has 0 saturated heterocycles. The fourth-order valence-electron chi connectivity index (χ4n) is 0.560. The maximum atomic E-state index is 10.8. The molecule has 0 radical (unpaired) electrons. The average Bonchev–Trinajstić information content (AvgIpc) is 2.37. The van der Waals surface area contributed by atoms with Gasteiger partial charge in [-0.2, -0.15) is 0 Å². The summed E-state index contributed by atoms with van der Waals surface area (Å²) >= 11 is 0.259. The van der Waals surface area contributed by atoms with Gasteiger partial charge in [-0.05, 0) is 11.2 Å². The van der Waals surface area contributed by atoms with Crippen LogP contribution in [0.25, 0.3) is 0 Å². The fraction of sp³-hybridized carbons (Fsp3) is 0.167. The summed E-state index contributed by atoms with van der Waals surface area (Å²) in [4.78, 5) is 10.5. The standard InChI is InChI=1S/C6H6O3S2/c1-11(8)5-2-6(9-4-7)10-3-5/h2-4H,1H3. The Balaban J connectivity index is 2.73. The molecule has 0 saturated carbocycles. The molecule has 5 heteroatoms. The first-order valence-electron chi connectivity index (χ1n) is 2.76. The number of carbonyl (C=O) groups excluding carboxylic acids is 1. The number of thiophene rings is 1. The molecule has 0 bridgehead atoms. The molecule has 3 nitrogen and oxygen atoms in total. The van der Waals surface area contributed by atoms with E-state index in [0.717, 1.165) is 0 Å². The lowest BCUT2D eigenvalue weighted by molar-refractivity contribution is -0.120. The average molecular weight is 190 g/mol. The normalized spacial score (nSPS) is 12.5. The molecule has 60 valence electrons. The van der Waals surface area contributed by atoms with Crippen molar-refractivity contribution in [1.29, 1.82) is 0 Å². The summed E-state index contributed by atoms with van der Waals surface area (Å²) in [5.74, 6) is 0. The van der Waals surface area contributed by atoms with Crippen LogP contribution < -0.4 is 4.74 Å². The largest absolute Gasteiger partial charge is 0.612 e. The van der Waals surface area contributed by atoms with Crippen molar-refractivity contribution in [2.45, 2.75) is 4.90 Å². The Morgan fingerprint density at radius 2 is 2.55 bits per heavy atom. The lowest BCUT2D eigenvalue weighted by Crippen LogP contribution is -1.93. The molecule has 0 aliphatic heterocycles. The summed E-state index contributed by atoms with van der Waals surface area (Å²) in [6.07, 6.45) is 1.58. The molecule has 0 N–H and O–H groups in total. The smallest absolute Gasteiger partial charge is 0.299 e. The minimum atomic E-state index is -0.997. The molecule has 0 aliphatic carbocycles. The van der Waals surface area contributed by atoms with Gasteiger partial charge in [0.05, 0.1) is 0 Å². The highest BCUT2D eigenvalue weighted by Gasteiger charge is 2.07. The van der Waals surface area contributed by atoms with Crippen LogP contribution in [0.2, 0.25) is 0 Å². The van der Waals surface area contributed by atoms with E-state index < -0.39 is 11.2 Å².